The highest BCUT2D eigenvalue weighted by molar-refractivity contribution is 5.91. The highest BCUT2D eigenvalue weighted by atomic mass is 19.4. The fourth-order valence-corrected chi connectivity index (χ4v) is 2.53. The van der Waals surface area contributed by atoms with Gasteiger partial charge in [-0.15, -0.1) is 0 Å². The number of hydrogen-bond donors (Lipinski definition) is 2. The topological polar surface area (TPSA) is 52.6 Å². The zero-order valence-corrected chi connectivity index (χ0v) is 11.6. The summed E-state index contributed by atoms with van der Waals surface area (Å²) in [7, 11) is 2.01. The third-order valence-electron chi connectivity index (χ3n) is 3.64. The molecule has 2 N–H and O–H groups in total. The van der Waals surface area contributed by atoms with Crippen molar-refractivity contribution in [3.63, 3.8) is 0 Å². The van der Waals surface area contributed by atoms with E-state index in [9.17, 15) is 18.0 Å². The second-order valence-corrected chi connectivity index (χ2v) is 5.36. The van der Waals surface area contributed by atoms with E-state index in [1.807, 2.05) is 7.05 Å². The first-order valence-corrected chi connectivity index (χ1v) is 6.64. The van der Waals surface area contributed by atoms with Crippen LogP contribution in [-0.4, -0.2) is 42.7 Å². The molecule has 116 valence electrons. The van der Waals surface area contributed by atoms with Gasteiger partial charge in [-0.3, -0.25) is 0 Å². The van der Waals surface area contributed by atoms with Gasteiger partial charge in [0.25, 0.3) is 0 Å². The lowest BCUT2D eigenvalue weighted by Gasteiger charge is -2.15. The summed E-state index contributed by atoms with van der Waals surface area (Å²) in [6.07, 6.45) is -3.64. The maximum absolute atomic E-state index is 12.7. The first-order chi connectivity index (χ1) is 9.77. The summed E-state index contributed by atoms with van der Waals surface area (Å²) in [5, 5.41) is 12.0. The van der Waals surface area contributed by atoms with Crippen LogP contribution in [0.5, 0.6) is 0 Å². The molecule has 0 saturated carbocycles. The Labute approximate surface area is 120 Å². The Morgan fingerprint density at radius 1 is 1.48 bits per heavy atom. The Morgan fingerprint density at radius 3 is 2.71 bits per heavy atom. The number of benzene rings is 1. The molecule has 0 aromatic heterocycles. The van der Waals surface area contributed by atoms with Gasteiger partial charge in [0.1, 0.15) is 0 Å². The lowest BCUT2D eigenvalue weighted by atomic mass is 10.1. The molecule has 1 aromatic rings. The Kier molecular flexibility index (Phi) is 4.41. The number of carbonyl (C=O) groups is 1. The lowest BCUT2D eigenvalue weighted by Crippen LogP contribution is -2.19. The van der Waals surface area contributed by atoms with E-state index in [4.69, 9.17) is 5.11 Å². The van der Waals surface area contributed by atoms with E-state index in [0.29, 0.717) is 18.2 Å². The van der Waals surface area contributed by atoms with Crippen LogP contribution in [0, 0.1) is 5.92 Å². The summed E-state index contributed by atoms with van der Waals surface area (Å²) in [5.41, 5.74) is -1.45. The molecule has 0 aliphatic carbocycles. The number of carboxylic acid groups (broad SMARTS) is 1. The van der Waals surface area contributed by atoms with Gasteiger partial charge in [-0.05, 0) is 44.1 Å². The largest absolute Gasteiger partial charge is 0.478 e. The summed E-state index contributed by atoms with van der Waals surface area (Å²) in [6, 6.07) is 3.13. The second kappa shape index (κ2) is 5.93. The number of anilines is 1. The molecule has 1 atom stereocenters. The van der Waals surface area contributed by atoms with Crippen LogP contribution in [0.4, 0.5) is 18.9 Å². The number of alkyl halides is 3. The van der Waals surface area contributed by atoms with Crippen molar-refractivity contribution >= 4 is 11.7 Å². The second-order valence-electron chi connectivity index (χ2n) is 5.36. The smallest absolute Gasteiger partial charge is 0.417 e. The number of aromatic carboxylic acids is 1. The van der Waals surface area contributed by atoms with Gasteiger partial charge in [0.2, 0.25) is 0 Å². The minimum Gasteiger partial charge on any atom is -0.478 e. The van der Waals surface area contributed by atoms with Gasteiger partial charge >= 0.3 is 12.1 Å². The van der Waals surface area contributed by atoms with Gasteiger partial charge in [-0.1, -0.05) is 0 Å². The van der Waals surface area contributed by atoms with Crippen LogP contribution in [0.3, 0.4) is 0 Å². The Morgan fingerprint density at radius 2 is 2.19 bits per heavy atom. The molecule has 21 heavy (non-hydrogen) atoms. The monoisotopic (exact) mass is 302 g/mol. The van der Waals surface area contributed by atoms with E-state index in [-0.39, 0.29) is 0 Å². The number of likely N-dealkylation sites (tertiary alicyclic amines) is 1. The molecule has 0 spiro atoms. The molecule has 1 heterocycles. The maximum atomic E-state index is 12.7. The fourth-order valence-electron chi connectivity index (χ4n) is 2.53. The van der Waals surface area contributed by atoms with E-state index in [1.165, 1.54) is 6.07 Å². The molecular weight excluding hydrogens is 285 g/mol. The van der Waals surface area contributed by atoms with E-state index < -0.39 is 23.3 Å². The van der Waals surface area contributed by atoms with E-state index in [0.717, 1.165) is 31.6 Å². The van der Waals surface area contributed by atoms with Crippen LogP contribution in [0.25, 0.3) is 0 Å². The first kappa shape index (κ1) is 15.6. The Balaban J connectivity index is 2.11. The predicted octanol–water partition coefficient (Wildman–Crippen LogP) is 2.77. The van der Waals surface area contributed by atoms with Crippen molar-refractivity contribution in [2.75, 3.05) is 32.0 Å². The molecule has 1 aliphatic rings. The number of halogens is 3. The van der Waals surface area contributed by atoms with E-state index in [1.54, 1.807) is 0 Å². The Hall–Kier alpha value is -1.76. The van der Waals surface area contributed by atoms with Gasteiger partial charge in [0.05, 0.1) is 11.1 Å². The molecule has 1 unspecified atom stereocenters. The van der Waals surface area contributed by atoms with Crippen LogP contribution < -0.4 is 5.32 Å². The minimum absolute atomic E-state index is 0.398. The summed E-state index contributed by atoms with van der Waals surface area (Å²) in [5.74, 6) is -1.16. The number of carboxylic acids is 1. The average Bonchev–Trinajstić information content (AvgIpc) is 2.80. The van der Waals surface area contributed by atoms with Gasteiger partial charge in [0.15, 0.2) is 0 Å². The normalized spacial score (nSPS) is 19.7. The van der Waals surface area contributed by atoms with Gasteiger partial charge in [0, 0.05) is 18.8 Å². The zero-order valence-electron chi connectivity index (χ0n) is 11.6. The summed E-state index contributed by atoms with van der Waals surface area (Å²) < 4.78 is 38.2. The molecule has 0 radical (unpaired) electrons. The number of nitrogens with zero attached hydrogens (tertiary/aromatic N) is 1. The number of rotatable bonds is 4. The zero-order chi connectivity index (χ0) is 15.6. The third-order valence-corrected chi connectivity index (χ3v) is 3.64. The minimum atomic E-state index is -4.67. The average molecular weight is 302 g/mol. The van der Waals surface area contributed by atoms with Crippen molar-refractivity contribution in [1.29, 1.82) is 0 Å². The molecule has 2 rings (SSSR count). The molecule has 1 aromatic carbocycles. The van der Waals surface area contributed by atoms with Crippen LogP contribution in [0.15, 0.2) is 18.2 Å². The van der Waals surface area contributed by atoms with Crippen molar-refractivity contribution < 1.29 is 23.1 Å². The maximum Gasteiger partial charge on any atom is 0.417 e. The summed E-state index contributed by atoms with van der Waals surface area (Å²) in [6.45, 7) is 2.55. The lowest BCUT2D eigenvalue weighted by molar-refractivity contribution is -0.138. The standard InChI is InChI=1S/C14H17F3N2O2/c1-19-5-4-9(8-19)7-18-10-2-3-12(14(15,16)17)11(6-10)13(20)21/h2-3,6,9,18H,4-5,7-8H2,1H3,(H,20,21). The van der Waals surface area contributed by atoms with Crippen LogP contribution in [0.2, 0.25) is 0 Å². The number of nitrogens with one attached hydrogen (secondary N) is 1. The van der Waals surface area contributed by atoms with Crippen molar-refractivity contribution in [1.82, 2.24) is 4.90 Å². The Bertz CT molecular complexity index is 531. The van der Waals surface area contributed by atoms with Gasteiger partial charge in [-0.25, -0.2) is 4.79 Å². The summed E-state index contributed by atoms with van der Waals surface area (Å²) >= 11 is 0. The molecule has 4 nitrogen and oxygen atoms in total. The highest BCUT2D eigenvalue weighted by Gasteiger charge is 2.35. The quantitative estimate of drug-likeness (QED) is 0.898. The van der Waals surface area contributed by atoms with E-state index >= 15 is 0 Å². The molecule has 1 fully saturated rings. The summed E-state index contributed by atoms with van der Waals surface area (Å²) in [4.78, 5) is 13.2. The first-order valence-electron chi connectivity index (χ1n) is 6.64. The molecule has 1 aliphatic heterocycles. The number of hydrogen-bond acceptors (Lipinski definition) is 3. The predicted molar refractivity (Wildman–Crippen MR) is 72.5 cm³/mol. The third kappa shape index (κ3) is 3.87. The van der Waals surface area contributed by atoms with Gasteiger partial charge in [-0.2, -0.15) is 13.2 Å². The molecule has 7 heteroatoms. The van der Waals surface area contributed by atoms with Crippen molar-refractivity contribution in [2.24, 2.45) is 5.92 Å². The molecule has 0 amide bonds. The SMILES string of the molecule is CN1CCC(CNc2ccc(C(F)(F)F)c(C(=O)O)c2)C1. The van der Waals surface area contributed by atoms with Crippen LogP contribution in [0.1, 0.15) is 22.3 Å². The molecule has 1 saturated heterocycles. The van der Waals surface area contributed by atoms with Crippen molar-refractivity contribution in [2.45, 2.75) is 12.6 Å². The highest BCUT2D eigenvalue weighted by Crippen LogP contribution is 2.33. The van der Waals surface area contributed by atoms with Crippen molar-refractivity contribution in [3.8, 4) is 0 Å². The van der Waals surface area contributed by atoms with Crippen LogP contribution >= 0.6 is 0 Å². The van der Waals surface area contributed by atoms with Crippen LogP contribution in [-0.2, 0) is 6.18 Å². The van der Waals surface area contributed by atoms with Crippen molar-refractivity contribution in [3.05, 3.63) is 29.3 Å². The molecular formula is C14H17F3N2O2. The molecule has 0 bridgehead atoms. The van der Waals surface area contributed by atoms with Gasteiger partial charge < -0.3 is 15.3 Å². The van der Waals surface area contributed by atoms with E-state index in [2.05, 4.69) is 10.2 Å². The fraction of sp³-hybridized carbons (Fsp3) is 0.500.